The number of hydrogen-bond donors (Lipinski definition) is 0. The highest BCUT2D eigenvalue weighted by atomic mass is 35.5. The maximum Gasteiger partial charge on any atom is 0.255 e. The lowest BCUT2D eigenvalue weighted by Gasteiger charge is -2.29. The number of hydrogen-bond acceptors (Lipinski definition) is 4. The van der Waals surface area contributed by atoms with E-state index in [1.54, 1.807) is 18.2 Å². The average molecular weight is 506 g/mol. The molecule has 4 rings (SSSR count). The third-order valence-corrected chi connectivity index (χ3v) is 6.43. The second kappa shape index (κ2) is 10.7. The van der Waals surface area contributed by atoms with E-state index < -0.39 is 11.6 Å². The van der Waals surface area contributed by atoms with Crippen molar-refractivity contribution in [3.05, 3.63) is 97.9 Å². The van der Waals surface area contributed by atoms with Gasteiger partial charge in [-0.15, -0.1) is 0 Å². The van der Waals surface area contributed by atoms with Crippen LogP contribution >= 0.6 is 23.2 Å². The fourth-order valence-electron chi connectivity index (χ4n) is 3.92. The van der Waals surface area contributed by atoms with Crippen molar-refractivity contribution in [1.29, 1.82) is 0 Å². The smallest absolute Gasteiger partial charge is 0.255 e. The summed E-state index contributed by atoms with van der Waals surface area (Å²) < 4.78 is 29.7. The normalized spacial score (nSPS) is 15.5. The number of nitrogens with zero attached hydrogens (tertiary/aromatic N) is 3. The highest BCUT2D eigenvalue weighted by molar-refractivity contribution is 6.37. The lowest BCUT2D eigenvalue weighted by Crippen LogP contribution is -2.36. The Hall–Kier alpha value is -2.74. The van der Waals surface area contributed by atoms with Gasteiger partial charge in [0, 0.05) is 42.5 Å². The molecule has 2 aromatic carbocycles. The van der Waals surface area contributed by atoms with E-state index in [1.165, 1.54) is 29.0 Å². The van der Waals surface area contributed by atoms with Gasteiger partial charge in [-0.3, -0.25) is 9.36 Å². The van der Waals surface area contributed by atoms with Crippen LogP contribution in [0.1, 0.15) is 30.9 Å². The number of pyridine rings is 1. The van der Waals surface area contributed by atoms with Crippen LogP contribution in [0.15, 0.2) is 64.7 Å². The van der Waals surface area contributed by atoms with Crippen molar-refractivity contribution in [2.24, 2.45) is 5.16 Å². The molecule has 0 unspecified atom stereocenters. The first-order valence-electron chi connectivity index (χ1n) is 11.0. The first-order chi connectivity index (χ1) is 16.4. The van der Waals surface area contributed by atoms with Gasteiger partial charge in [0.25, 0.3) is 5.56 Å². The van der Waals surface area contributed by atoms with Crippen LogP contribution in [0.5, 0.6) is 0 Å². The monoisotopic (exact) mass is 505 g/mol. The fraction of sp³-hybridized carbons (Fsp3) is 0.280. The molecule has 0 bridgehead atoms. The molecule has 1 aromatic heterocycles. The van der Waals surface area contributed by atoms with Crippen LogP contribution in [-0.4, -0.2) is 40.9 Å². The number of piperidine rings is 1. The molecule has 0 amide bonds. The van der Waals surface area contributed by atoms with Gasteiger partial charge in [-0.05, 0) is 49.7 Å². The van der Waals surface area contributed by atoms with E-state index in [4.69, 9.17) is 28.0 Å². The molecule has 9 heteroatoms. The van der Waals surface area contributed by atoms with E-state index in [0.717, 1.165) is 44.6 Å². The summed E-state index contributed by atoms with van der Waals surface area (Å²) in [6.07, 6.45) is 2.90. The second-order valence-electron chi connectivity index (χ2n) is 8.00. The van der Waals surface area contributed by atoms with Gasteiger partial charge in [-0.25, -0.2) is 8.78 Å². The second-order valence-corrected chi connectivity index (χ2v) is 8.81. The molecule has 178 valence electrons. The molecule has 0 radical (unpaired) electrons. The maximum absolute atomic E-state index is 14.8. The van der Waals surface area contributed by atoms with E-state index in [2.05, 4.69) is 17.0 Å². The molecule has 0 spiro atoms. The van der Waals surface area contributed by atoms with Crippen LogP contribution < -0.4 is 5.56 Å². The molecule has 1 saturated heterocycles. The molecule has 0 atom stereocenters. The molecule has 5 nitrogen and oxygen atoms in total. The topological polar surface area (TPSA) is 46.8 Å². The highest BCUT2D eigenvalue weighted by Crippen LogP contribution is 2.28. The van der Waals surface area contributed by atoms with Crippen molar-refractivity contribution >= 4 is 28.9 Å². The predicted octanol–water partition coefficient (Wildman–Crippen LogP) is 5.68. The fourth-order valence-corrected chi connectivity index (χ4v) is 4.50. The molecule has 0 saturated carbocycles. The number of halogens is 4. The van der Waals surface area contributed by atoms with Gasteiger partial charge in [-0.1, -0.05) is 41.3 Å². The van der Waals surface area contributed by atoms with Crippen LogP contribution in [0.3, 0.4) is 0 Å². The maximum atomic E-state index is 14.8. The molecule has 2 heterocycles. The highest BCUT2D eigenvalue weighted by Gasteiger charge is 2.21. The number of oxime groups is 1. The Bertz CT molecular complexity index is 1250. The molecular formula is C25H23Cl2F2N3O2. The van der Waals surface area contributed by atoms with Crippen molar-refractivity contribution in [2.45, 2.75) is 25.9 Å². The van der Waals surface area contributed by atoms with E-state index in [1.807, 2.05) is 0 Å². The Labute approximate surface area is 206 Å². The summed E-state index contributed by atoms with van der Waals surface area (Å²) in [4.78, 5) is 20.8. The van der Waals surface area contributed by atoms with Gasteiger partial charge in [0.15, 0.2) is 0 Å². The molecule has 0 aliphatic carbocycles. The zero-order chi connectivity index (χ0) is 24.2. The van der Waals surface area contributed by atoms with Crippen molar-refractivity contribution < 1.29 is 13.6 Å². The molecule has 34 heavy (non-hydrogen) atoms. The van der Waals surface area contributed by atoms with E-state index >= 15 is 0 Å². The Morgan fingerprint density at radius 3 is 2.44 bits per heavy atom. The van der Waals surface area contributed by atoms with Crippen LogP contribution in [0, 0.1) is 11.6 Å². The van der Waals surface area contributed by atoms with Crippen LogP contribution in [-0.2, 0) is 4.84 Å². The van der Waals surface area contributed by atoms with Gasteiger partial charge >= 0.3 is 0 Å². The van der Waals surface area contributed by atoms with Crippen LogP contribution in [0.4, 0.5) is 8.78 Å². The summed E-state index contributed by atoms with van der Waals surface area (Å²) in [5, 5.41) is 4.84. The summed E-state index contributed by atoms with van der Waals surface area (Å²) >= 11 is 12.6. The predicted molar refractivity (Wildman–Crippen MR) is 130 cm³/mol. The Balaban J connectivity index is 1.77. The van der Waals surface area contributed by atoms with Gasteiger partial charge in [0.1, 0.15) is 23.5 Å². The van der Waals surface area contributed by atoms with Gasteiger partial charge in [0.05, 0.1) is 15.7 Å². The lowest BCUT2D eigenvalue weighted by atomic mass is 10.0. The van der Waals surface area contributed by atoms with E-state index in [9.17, 15) is 13.6 Å². The third kappa shape index (κ3) is 5.32. The van der Waals surface area contributed by atoms with Crippen LogP contribution in [0.2, 0.25) is 10.0 Å². The number of benzene rings is 2. The summed E-state index contributed by atoms with van der Waals surface area (Å²) in [6, 6.07) is 10.9. The van der Waals surface area contributed by atoms with Crippen molar-refractivity contribution in [3.8, 4) is 5.69 Å². The Morgan fingerprint density at radius 1 is 1.09 bits per heavy atom. The Kier molecular flexibility index (Phi) is 7.66. The molecule has 0 N–H and O–H groups in total. The molecule has 1 aliphatic heterocycles. The number of likely N-dealkylation sites (tertiary alicyclic amines) is 1. The van der Waals surface area contributed by atoms with Crippen molar-refractivity contribution in [3.63, 3.8) is 0 Å². The van der Waals surface area contributed by atoms with Gasteiger partial charge in [0.2, 0.25) is 0 Å². The largest absolute Gasteiger partial charge is 0.392 e. The standard InChI is InChI=1S/C25H23Cl2F2N3O2/c1-2-31-12-10-18(11-13-31)34-30-24(19-8-7-17(28)14-22(19)29)16-6-9-23(33)32(15-16)25-20(26)4-3-5-21(25)27/h3-9,14-15,18H,2,10-13H2,1H3/b30-24-. The zero-order valence-corrected chi connectivity index (χ0v) is 20.0. The molecule has 3 aromatic rings. The van der Waals surface area contributed by atoms with Gasteiger partial charge in [-0.2, -0.15) is 0 Å². The van der Waals surface area contributed by atoms with Crippen LogP contribution in [0.25, 0.3) is 5.69 Å². The van der Waals surface area contributed by atoms with Crippen molar-refractivity contribution in [2.75, 3.05) is 19.6 Å². The quantitative estimate of drug-likeness (QED) is 0.320. The minimum absolute atomic E-state index is 0.0443. The minimum Gasteiger partial charge on any atom is -0.392 e. The average Bonchev–Trinajstić information content (AvgIpc) is 2.82. The SMILES string of the molecule is CCN1CCC(O/N=C(/c2ccc(=O)n(-c3c(Cl)cccc3Cl)c2)c2ccc(F)cc2F)CC1. The first-order valence-corrected chi connectivity index (χ1v) is 11.7. The summed E-state index contributed by atoms with van der Waals surface area (Å²) in [7, 11) is 0. The number of para-hydroxylation sites is 1. The van der Waals surface area contributed by atoms with Gasteiger partial charge < -0.3 is 9.74 Å². The summed E-state index contributed by atoms with van der Waals surface area (Å²) in [6.45, 7) is 4.84. The summed E-state index contributed by atoms with van der Waals surface area (Å²) in [5.74, 6) is -1.50. The lowest BCUT2D eigenvalue weighted by molar-refractivity contribution is 0.0121. The summed E-state index contributed by atoms with van der Waals surface area (Å²) in [5.41, 5.74) is 0.470. The molecule has 1 aliphatic rings. The zero-order valence-electron chi connectivity index (χ0n) is 18.5. The van der Waals surface area contributed by atoms with E-state index in [-0.39, 0.29) is 33.0 Å². The number of aromatic nitrogens is 1. The number of rotatable bonds is 6. The molecular weight excluding hydrogens is 483 g/mol. The van der Waals surface area contributed by atoms with E-state index in [0.29, 0.717) is 11.3 Å². The Morgan fingerprint density at radius 2 is 1.79 bits per heavy atom. The molecule has 1 fully saturated rings. The van der Waals surface area contributed by atoms with Crippen molar-refractivity contribution in [1.82, 2.24) is 9.47 Å². The first kappa shape index (κ1) is 24.4. The minimum atomic E-state index is -0.795. The third-order valence-electron chi connectivity index (χ3n) is 5.82.